The average Bonchev–Trinajstić information content (AvgIpc) is 2.96. The summed E-state index contributed by atoms with van der Waals surface area (Å²) < 4.78 is 10.5. The first-order chi connectivity index (χ1) is 11.2. The molecule has 130 valence electrons. The van der Waals surface area contributed by atoms with Crippen LogP contribution in [0, 0.1) is 0 Å². The van der Waals surface area contributed by atoms with E-state index in [4.69, 9.17) is 9.26 Å². The van der Waals surface area contributed by atoms with Gasteiger partial charge in [0.1, 0.15) is 11.5 Å². The van der Waals surface area contributed by atoms with Gasteiger partial charge in [-0.2, -0.15) is 0 Å². The molecule has 0 atom stereocenters. The van der Waals surface area contributed by atoms with Gasteiger partial charge in [-0.15, -0.1) is 0 Å². The molecule has 0 aliphatic heterocycles. The van der Waals surface area contributed by atoms with Crippen LogP contribution in [0.3, 0.4) is 0 Å². The molecule has 1 N–H and O–H groups in total. The van der Waals surface area contributed by atoms with Gasteiger partial charge in [0.05, 0.1) is 7.11 Å². The van der Waals surface area contributed by atoms with Gasteiger partial charge in [-0.1, -0.05) is 25.9 Å². The molecule has 24 heavy (non-hydrogen) atoms. The average molecular weight is 331 g/mol. The van der Waals surface area contributed by atoms with E-state index < -0.39 is 0 Å². The van der Waals surface area contributed by atoms with Crippen LogP contribution in [-0.2, 0) is 5.41 Å². The number of hydrogen-bond acceptors (Lipinski definition) is 4. The van der Waals surface area contributed by atoms with Crippen LogP contribution in [0.2, 0.25) is 0 Å². The molecule has 0 unspecified atom stereocenters. The Bertz CT molecular complexity index is 684. The zero-order chi connectivity index (χ0) is 17.9. The van der Waals surface area contributed by atoms with Crippen molar-refractivity contribution in [1.29, 1.82) is 0 Å². The number of carbonyl (C=O) groups excluding carboxylic acids is 1. The minimum atomic E-state index is -0.260. The van der Waals surface area contributed by atoms with Gasteiger partial charge < -0.3 is 9.26 Å². The molecule has 6 heteroatoms. The van der Waals surface area contributed by atoms with Gasteiger partial charge in [-0.05, 0) is 38.1 Å². The number of urea groups is 1. The van der Waals surface area contributed by atoms with E-state index in [9.17, 15) is 4.79 Å². The third kappa shape index (κ3) is 4.07. The van der Waals surface area contributed by atoms with Crippen LogP contribution >= 0.6 is 0 Å². The molecule has 1 aromatic heterocycles. The zero-order valence-corrected chi connectivity index (χ0v) is 15.1. The van der Waals surface area contributed by atoms with Crippen molar-refractivity contribution in [1.82, 2.24) is 5.16 Å². The molecule has 0 saturated carbocycles. The van der Waals surface area contributed by atoms with E-state index in [2.05, 4.69) is 10.5 Å². The number of nitrogens with zero attached hydrogens (tertiary/aromatic N) is 2. The van der Waals surface area contributed by atoms with Crippen LogP contribution < -0.4 is 15.0 Å². The normalized spacial score (nSPS) is 11.5. The van der Waals surface area contributed by atoms with Crippen molar-refractivity contribution in [2.45, 2.75) is 46.1 Å². The van der Waals surface area contributed by atoms with Gasteiger partial charge in [-0.3, -0.25) is 10.2 Å². The predicted molar refractivity (Wildman–Crippen MR) is 94.8 cm³/mol. The molecule has 2 aromatic rings. The third-order valence-corrected chi connectivity index (χ3v) is 3.57. The highest BCUT2D eigenvalue weighted by atomic mass is 16.5. The molecule has 1 aromatic carbocycles. The van der Waals surface area contributed by atoms with E-state index in [1.807, 2.05) is 58.9 Å². The first-order valence-corrected chi connectivity index (χ1v) is 7.94. The van der Waals surface area contributed by atoms with E-state index in [1.165, 1.54) is 0 Å². The second-order valence-electron chi connectivity index (χ2n) is 6.92. The lowest BCUT2D eigenvalue weighted by molar-refractivity contribution is 0.255. The lowest BCUT2D eigenvalue weighted by Crippen LogP contribution is -2.40. The first-order valence-electron chi connectivity index (χ1n) is 7.94. The molecule has 1 heterocycles. The number of nitrogens with one attached hydrogen (secondary N) is 1. The Morgan fingerprint density at radius 2 is 1.88 bits per heavy atom. The minimum absolute atomic E-state index is 0.0209. The van der Waals surface area contributed by atoms with E-state index in [0.717, 1.165) is 17.2 Å². The maximum absolute atomic E-state index is 12.7. The highest BCUT2D eigenvalue weighted by Crippen LogP contribution is 2.26. The molecule has 6 nitrogen and oxygen atoms in total. The summed E-state index contributed by atoms with van der Waals surface area (Å²) in [5.74, 6) is 1.87. The maximum atomic E-state index is 12.7. The number of aromatic nitrogens is 1. The smallest absolute Gasteiger partial charge is 0.327 e. The van der Waals surface area contributed by atoms with E-state index >= 15 is 0 Å². The molecule has 2 rings (SSSR count). The Hall–Kier alpha value is -2.50. The monoisotopic (exact) mass is 331 g/mol. The Morgan fingerprint density at radius 1 is 1.25 bits per heavy atom. The molecule has 0 radical (unpaired) electrons. The summed E-state index contributed by atoms with van der Waals surface area (Å²) >= 11 is 0. The number of carbonyl (C=O) groups is 1. The topological polar surface area (TPSA) is 67.6 Å². The fraction of sp³-hybridized carbons (Fsp3) is 0.444. The fourth-order valence-electron chi connectivity index (χ4n) is 2.25. The van der Waals surface area contributed by atoms with Crippen molar-refractivity contribution in [2.75, 3.05) is 17.3 Å². The molecule has 0 bridgehead atoms. The van der Waals surface area contributed by atoms with E-state index in [0.29, 0.717) is 5.82 Å². The van der Waals surface area contributed by atoms with Crippen LogP contribution in [0.15, 0.2) is 34.9 Å². The van der Waals surface area contributed by atoms with E-state index in [1.54, 1.807) is 18.1 Å². The highest BCUT2D eigenvalue weighted by molar-refractivity contribution is 6.01. The lowest BCUT2D eigenvalue weighted by atomic mass is 9.93. The largest absolute Gasteiger partial charge is 0.497 e. The summed E-state index contributed by atoms with van der Waals surface area (Å²) in [6.45, 7) is 9.98. The molecular weight excluding hydrogens is 306 g/mol. The van der Waals surface area contributed by atoms with Crippen molar-refractivity contribution < 1.29 is 14.1 Å². The fourth-order valence-corrected chi connectivity index (χ4v) is 2.25. The van der Waals surface area contributed by atoms with Crippen LogP contribution in [0.1, 0.15) is 40.4 Å². The molecule has 0 spiro atoms. The Kier molecular flexibility index (Phi) is 5.17. The first kappa shape index (κ1) is 17.8. The summed E-state index contributed by atoms with van der Waals surface area (Å²) in [4.78, 5) is 14.3. The van der Waals surface area contributed by atoms with Crippen LogP contribution in [0.25, 0.3) is 0 Å². The lowest BCUT2D eigenvalue weighted by Gasteiger charge is -2.26. The quantitative estimate of drug-likeness (QED) is 0.900. The van der Waals surface area contributed by atoms with Crippen LogP contribution in [-0.4, -0.2) is 24.3 Å². The number of amides is 2. The molecule has 0 fully saturated rings. The SMILES string of the molecule is COc1ccc(N(C(=O)Nc2cc(C(C)(C)C)on2)C(C)C)cc1. The molecule has 0 saturated heterocycles. The number of anilines is 2. The van der Waals surface area contributed by atoms with Gasteiger partial charge in [0.2, 0.25) is 0 Å². The maximum Gasteiger partial charge on any atom is 0.327 e. The van der Waals surface area contributed by atoms with Crippen LogP contribution in [0.4, 0.5) is 16.3 Å². The number of rotatable bonds is 4. The van der Waals surface area contributed by atoms with Gasteiger partial charge in [0, 0.05) is 23.2 Å². The van der Waals surface area contributed by atoms with Crippen molar-refractivity contribution in [3.63, 3.8) is 0 Å². The van der Waals surface area contributed by atoms with Crippen LogP contribution in [0.5, 0.6) is 5.75 Å². The van der Waals surface area contributed by atoms with Gasteiger partial charge in [-0.25, -0.2) is 4.79 Å². The zero-order valence-electron chi connectivity index (χ0n) is 15.1. The molecule has 2 amide bonds. The Morgan fingerprint density at radius 3 is 2.33 bits per heavy atom. The summed E-state index contributed by atoms with van der Waals surface area (Å²) in [5, 5.41) is 6.73. The highest BCUT2D eigenvalue weighted by Gasteiger charge is 2.23. The second kappa shape index (κ2) is 6.95. The molecule has 0 aliphatic carbocycles. The minimum Gasteiger partial charge on any atom is -0.497 e. The van der Waals surface area contributed by atoms with Crippen molar-refractivity contribution in [3.8, 4) is 5.75 Å². The van der Waals surface area contributed by atoms with Gasteiger partial charge >= 0.3 is 6.03 Å². The number of hydrogen-bond donors (Lipinski definition) is 1. The summed E-state index contributed by atoms with van der Waals surface area (Å²) in [6, 6.07) is 8.82. The molecular formula is C18H25N3O3. The standard InChI is InChI=1S/C18H25N3O3/c1-12(2)21(13-7-9-14(23-6)10-8-13)17(22)19-16-11-15(24-20-16)18(3,4)5/h7-12H,1-6H3,(H,19,20,22). The third-order valence-electron chi connectivity index (χ3n) is 3.57. The second-order valence-corrected chi connectivity index (χ2v) is 6.92. The summed E-state index contributed by atoms with van der Waals surface area (Å²) in [7, 11) is 1.61. The van der Waals surface area contributed by atoms with Gasteiger partial charge in [0.15, 0.2) is 5.82 Å². The Balaban J connectivity index is 2.18. The molecule has 0 aliphatic rings. The summed E-state index contributed by atoms with van der Waals surface area (Å²) in [5.41, 5.74) is 0.617. The van der Waals surface area contributed by atoms with E-state index in [-0.39, 0.29) is 17.5 Å². The van der Waals surface area contributed by atoms with Crippen molar-refractivity contribution in [2.24, 2.45) is 0 Å². The Labute approximate surface area is 142 Å². The number of benzene rings is 1. The number of ether oxygens (including phenoxy) is 1. The number of methoxy groups -OCH3 is 1. The van der Waals surface area contributed by atoms with Crippen molar-refractivity contribution >= 4 is 17.5 Å². The van der Waals surface area contributed by atoms with Crippen molar-refractivity contribution in [3.05, 3.63) is 36.1 Å². The predicted octanol–water partition coefficient (Wildman–Crippen LogP) is 4.43. The summed E-state index contributed by atoms with van der Waals surface area (Å²) in [6.07, 6.45) is 0. The van der Waals surface area contributed by atoms with Gasteiger partial charge in [0.25, 0.3) is 0 Å².